The molecule has 0 aromatic heterocycles. The van der Waals surface area contributed by atoms with Crippen LogP contribution in [0.3, 0.4) is 0 Å². The van der Waals surface area contributed by atoms with Crippen LogP contribution in [0.5, 0.6) is 0 Å². The zero-order valence-electron chi connectivity index (χ0n) is 5.76. The Morgan fingerprint density at radius 3 is 2.10 bits per heavy atom. The molecule has 1 aromatic carbocycles. The van der Waals surface area contributed by atoms with Crippen LogP contribution in [0, 0.1) is 0 Å². The minimum Gasteiger partial charge on any atom is -0.300 e. The van der Waals surface area contributed by atoms with Crippen molar-refractivity contribution in [2.45, 2.75) is 0 Å². The van der Waals surface area contributed by atoms with Gasteiger partial charge in [0.2, 0.25) is 0 Å². The molecule has 2 N–H and O–H groups in total. The second kappa shape index (κ2) is 1.88. The van der Waals surface area contributed by atoms with Crippen molar-refractivity contribution in [1.82, 2.24) is 5.12 Å². The maximum Gasteiger partial charge on any atom is 0.0753 e. The van der Waals surface area contributed by atoms with Crippen LogP contribution >= 0.6 is 0 Å². The molecular weight excluding hydrogens is 126 g/mol. The lowest BCUT2D eigenvalue weighted by atomic mass is 10.3. The van der Waals surface area contributed by atoms with Crippen molar-refractivity contribution in [2.24, 2.45) is 0 Å². The molecule has 10 heavy (non-hydrogen) atoms. The predicted molar refractivity (Wildman–Crippen MR) is 41.5 cm³/mol. The third-order valence-corrected chi connectivity index (χ3v) is 1.50. The van der Waals surface area contributed by atoms with Gasteiger partial charge in [-0.2, -0.15) is 0 Å². The van der Waals surface area contributed by atoms with Gasteiger partial charge in [-0.15, -0.1) is 5.12 Å². The number of anilines is 2. The van der Waals surface area contributed by atoms with Gasteiger partial charge in [-0.1, -0.05) is 12.1 Å². The number of benzene rings is 1. The number of fused-ring (bicyclic) bond motifs is 1. The maximum absolute atomic E-state index is 3.12. The Morgan fingerprint density at radius 2 is 1.60 bits per heavy atom. The second-order valence-corrected chi connectivity index (χ2v) is 2.33. The average Bonchev–Trinajstić information content (AvgIpc) is 2.27. The van der Waals surface area contributed by atoms with Gasteiger partial charge in [0, 0.05) is 7.05 Å². The lowest BCUT2D eigenvalue weighted by Crippen LogP contribution is -2.23. The molecule has 2 rings (SSSR count). The topological polar surface area (TPSA) is 27.3 Å². The van der Waals surface area contributed by atoms with Crippen molar-refractivity contribution in [3.63, 3.8) is 0 Å². The minimum atomic E-state index is 1.13. The zero-order chi connectivity index (χ0) is 6.97. The van der Waals surface area contributed by atoms with Crippen LogP contribution in [-0.4, -0.2) is 12.2 Å². The molecule has 0 amide bonds. The van der Waals surface area contributed by atoms with Gasteiger partial charge < -0.3 is 0 Å². The Hall–Kier alpha value is -1.22. The van der Waals surface area contributed by atoms with E-state index < -0.39 is 0 Å². The number of nitrogens with zero attached hydrogens (tertiary/aromatic N) is 1. The molecular formula is C7H9N3. The third kappa shape index (κ3) is 0.717. The van der Waals surface area contributed by atoms with E-state index in [2.05, 4.69) is 10.9 Å². The molecule has 0 radical (unpaired) electrons. The summed E-state index contributed by atoms with van der Waals surface area (Å²) >= 11 is 0. The average molecular weight is 135 g/mol. The van der Waals surface area contributed by atoms with E-state index in [0.717, 1.165) is 11.4 Å². The standard InChI is InChI=1S/C7H9N3/c1-10-8-6-4-2-3-5-7(6)9-10/h2-5,8-9H,1H3. The molecule has 0 bridgehead atoms. The third-order valence-electron chi connectivity index (χ3n) is 1.50. The molecule has 0 saturated heterocycles. The Bertz CT molecular complexity index is 221. The molecule has 1 heterocycles. The van der Waals surface area contributed by atoms with Crippen molar-refractivity contribution in [1.29, 1.82) is 0 Å². The lowest BCUT2D eigenvalue weighted by molar-refractivity contribution is 0.507. The molecule has 0 fully saturated rings. The number of hydrogen-bond acceptors (Lipinski definition) is 3. The van der Waals surface area contributed by atoms with Gasteiger partial charge in [-0.3, -0.25) is 10.9 Å². The highest BCUT2D eigenvalue weighted by atomic mass is 15.7. The van der Waals surface area contributed by atoms with E-state index in [9.17, 15) is 0 Å². The summed E-state index contributed by atoms with van der Waals surface area (Å²) in [6.45, 7) is 0. The van der Waals surface area contributed by atoms with Gasteiger partial charge in [0.1, 0.15) is 0 Å². The summed E-state index contributed by atoms with van der Waals surface area (Å²) in [4.78, 5) is 0. The highest BCUT2D eigenvalue weighted by Crippen LogP contribution is 2.25. The predicted octanol–water partition coefficient (Wildman–Crippen LogP) is 1.29. The Kier molecular flexibility index (Phi) is 1.05. The molecule has 3 heteroatoms. The highest BCUT2D eigenvalue weighted by Gasteiger charge is 2.10. The number of para-hydroxylation sites is 2. The van der Waals surface area contributed by atoms with Crippen LogP contribution in [0.4, 0.5) is 11.4 Å². The summed E-state index contributed by atoms with van der Waals surface area (Å²) in [5, 5.41) is 1.82. The normalized spacial score (nSPS) is 15.7. The summed E-state index contributed by atoms with van der Waals surface area (Å²) in [7, 11) is 1.93. The molecule has 52 valence electrons. The first-order valence-corrected chi connectivity index (χ1v) is 3.22. The largest absolute Gasteiger partial charge is 0.300 e. The fraction of sp³-hybridized carbons (Fsp3) is 0.143. The van der Waals surface area contributed by atoms with Gasteiger partial charge in [0.15, 0.2) is 0 Å². The number of rotatable bonds is 0. The zero-order valence-corrected chi connectivity index (χ0v) is 5.76. The van der Waals surface area contributed by atoms with E-state index >= 15 is 0 Å². The molecule has 0 aliphatic carbocycles. The summed E-state index contributed by atoms with van der Waals surface area (Å²) in [6.07, 6.45) is 0. The number of hydrazine groups is 2. The molecule has 3 nitrogen and oxygen atoms in total. The van der Waals surface area contributed by atoms with Crippen molar-refractivity contribution in [2.75, 3.05) is 17.9 Å². The van der Waals surface area contributed by atoms with Crippen LogP contribution in [0.15, 0.2) is 24.3 Å². The van der Waals surface area contributed by atoms with E-state index in [1.165, 1.54) is 0 Å². The van der Waals surface area contributed by atoms with Crippen LogP contribution in [0.2, 0.25) is 0 Å². The van der Waals surface area contributed by atoms with E-state index in [-0.39, 0.29) is 0 Å². The van der Waals surface area contributed by atoms with Crippen molar-refractivity contribution < 1.29 is 0 Å². The smallest absolute Gasteiger partial charge is 0.0753 e. The van der Waals surface area contributed by atoms with Crippen molar-refractivity contribution in [3.8, 4) is 0 Å². The van der Waals surface area contributed by atoms with E-state index in [1.807, 2.05) is 36.4 Å². The first-order chi connectivity index (χ1) is 4.86. The number of nitrogens with one attached hydrogen (secondary N) is 2. The first-order valence-electron chi connectivity index (χ1n) is 3.22. The van der Waals surface area contributed by atoms with Crippen molar-refractivity contribution in [3.05, 3.63) is 24.3 Å². The van der Waals surface area contributed by atoms with Gasteiger partial charge in [0.25, 0.3) is 0 Å². The quantitative estimate of drug-likeness (QED) is 0.561. The number of hydrogen-bond donors (Lipinski definition) is 2. The lowest BCUT2D eigenvalue weighted by Gasteiger charge is -2.07. The van der Waals surface area contributed by atoms with Gasteiger partial charge in [0.05, 0.1) is 11.4 Å². The summed E-state index contributed by atoms with van der Waals surface area (Å²) < 4.78 is 0. The Labute approximate surface area is 59.6 Å². The molecule has 1 aromatic rings. The molecule has 0 atom stereocenters. The minimum absolute atomic E-state index is 1.13. The van der Waals surface area contributed by atoms with Gasteiger partial charge in [-0.05, 0) is 12.1 Å². The first kappa shape index (κ1) is 5.56. The van der Waals surface area contributed by atoms with Gasteiger partial charge >= 0.3 is 0 Å². The molecule has 0 spiro atoms. The van der Waals surface area contributed by atoms with Crippen LogP contribution in [0.25, 0.3) is 0 Å². The molecule has 0 unspecified atom stereocenters. The summed E-state index contributed by atoms with van der Waals surface area (Å²) in [5.41, 5.74) is 8.50. The Balaban J connectivity index is 2.42. The molecule has 1 aliphatic rings. The molecule has 0 saturated carbocycles. The second-order valence-electron chi connectivity index (χ2n) is 2.33. The summed E-state index contributed by atoms with van der Waals surface area (Å²) in [6, 6.07) is 8.08. The van der Waals surface area contributed by atoms with Crippen LogP contribution in [-0.2, 0) is 0 Å². The van der Waals surface area contributed by atoms with Crippen molar-refractivity contribution >= 4 is 11.4 Å². The van der Waals surface area contributed by atoms with Crippen LogP contribution < -0.4 is 10.9 Å². The fourth-order valence-electron chi connectivity index (χ4n) is 1.07. The van der Waals surface area contributed by atoms with E-state index in [4.69, 9.17) is 0 Å². The van der Waals surface area contributed by atoms with E-state index in [1.54, 1.807) is 0 Å². The fourth-order valence-corrected chi connectivity index (χ4v) is 1.07. The highest BCUT2D eigenvalue weighted by molar-refractivity contribution is 5.70. The van der Waals surface area contributed by atoms with Crippen LogP contribution in [0.1, 0.15) is 0 Å². The SMILES string of the molecule is CN1Nc2ccccc2N1. The molecule has 1 aliphatic heterocycles. The monoisotopic (exact) mass is 135 g/mol. The maximum atomic E-state index is 3.12. The van der Waals surface area contributed by atoms with Gasteiger partial charge in [-0.25, -0.2) is 0 Å². The summed E-state index contributed by atoms with van der Waals surface area (Å²) in [5.74, 6) is 0. The Morgan fingerprint density at radius 1 is 1.10 bits per heavy atom. The van der Waals surface area contributed by atoms with E-state index in [0.29, 0.717) is 0 Å².